The zero-order valence-electron chi connectivity index (χ0n) is 17.6. The minimum Gasteiger partial charge on any atom is -0.400 e. The number of hydrogen-bond acceptors (Lipinski definition) is 4. The van der Waals surface area contributed by atoms with Gasteiger partial charge in [0.1, 0.15) is 5.78 Å². The molecule has 3 N–H and O–H groups in total. The highest BCUT2D eigenvalue weighted by Gasteiger charge is 2.16. The number of carbonyl (C=O) groups is 2. The fourth-order valence-corrected chi connectivity index (χ4v) is 3.24. The first-order valence-electron chi connectivity index (χ1n) is 10.4. The van der Waals surface area contributed by atoms with E-state index in [0.29, 0.717) is 30.8 Å². The van der Waals surface area contributed by atoms with Crippen LogP contribution in [0.2, 0.25) is 0 Å². The fourth-order valence-electron chi connectivity index (χ4n) is 3.24. The molecule has 2 saturated carbocycles. The second-order valence-corrected chi connectivity index (χ2v) is 6.65. The number of hydrogen-bond donors (Lipinski definition) is 2. The van der Waals surface area contributed by atoms with Crippen LogP contribution in [0.3, 0.4) is 0 Å². The molecule has 2 rings (SSSR count). The lowest BCUT2D eigenvalue weighted by Crippen LogP contribution is -2.18. The highest BCUT2D eigenvalue weighted by Crippen LogP contribution is 2.23. The monoisotopic (exact) mass is 375 g/mol. The molecule has 0 spiro atoms. The molecule has 2 aliphatic carbocycles. The maximum absolute atomic E-state index is 10.8. The molecule has 0 radical (unpaired) electrons. The molecule has 0 aromatic heterocycles. The number of ketones is 1. The lowest BCUT2D eigenvalue weighted by atomic mass is 9.87. The van der Waals surface area contributed by atoms with Crippen molar-refractivity contribution in [1.82, 2.24) is 0 Å². The van der Waals surface area contributed by atoms with Crippen molar-refractivity contribution in [2.24, 2.45) is 11.7 Å². The van der Waals surface area contributed by atoms with Crippen LogP contribution in [-0.2, 0) is 14.3 Å². The molecule has 26 heavy (non-hydrogen) atoms. The summed E-state index contributed by atoms with van der Waals surface area (Å²) in [4.78, 5) is 21.2. The number of aliphatic hydroxyl groups is 1. The number of primary amides is 1. The van der Waals surface area contributed by atoms with Crippen molar-refractivity contribution in [1.29, 1.82) is 0 Å². The Hall–Kier alpha value is -0.940. The number of rotatable bonds is 6. The zero-order chi connectivity index (χ0) is 20.2. The Balaban J connectivity index is -0.000000362. The second kappa shape index (κ2) is 20.4. The van der Waals surface area contributed by atoms with Crippen molar-refractivity contribution in [3.8, 4) is 0 Å². The quantitative estimate of drug-likeness (QED) is 0.662. The Labute approximate surface area is 162 Å². The van der Waals surface area contributed by atoms with Crippen LogP contribution in [-0.4, -0.2) is 36.6 Å². The first kappa shape index (κ1) is 27.3. The van der Waals surface area contributed by atoms with Gasteiger partial charge in [0.2, 0.25) is 5.91 Å². The van der Waals surface area contributed by atoms with Gasteiger partial charge in [-0.05, 0) is 39.0 Å². The van der Waals surface area contributed by atoms with Crippen LogP contribution in [0.15, 0.2) is 0 Å². The Bertz CT molecular complexity index is 328. The third-order valence-electron chi connectivity index (χ3n) is 4.65. The predicted octanol–water partition coefficient (Wildman–Crippen LogP) is 4.64. The molecular formula is C21H45NO4. The first-order chi connectivity index (χ1) is 12.6. The van der Waals surface area contributed by atoms with Gasteiger partial charge in [0.05, 0.1) is 6.10 Å². The average molecular weight is 376 g/mol. The average Bonchev–Trinajstić information content (AvgIpc) is 2.70. The maximum atomic E-state index is 10.8. The number of aliphatic hydroxyl groups excluding tert-OH is 1. The van der Waals surface area contributed by atoms with E-state index in [1.165, 1.54) is 51.4 Å². The summed E-state index contributed by atoms with van der Waals surface area (Å²) in [6.45, 7) is 6.41. The van der Waals surface area contributed by atoms with Gasteiger partial charge in [-0.3, -0.25) is 9.59 Å². The van der Waals surface area contributed by atoms with Gasteiger partial charge in [-0.15, -0.1) is 0 Å². The predicted molar refractivity (Wildman–Crippen MR) is 110 cm³/mol. The van der Waals surface area contributed by atoms with Crippen molar-refractivity contribution in [2.45, 2.75) is 104 Å². The number of nitrogens with two attached hydrogens (primary N) is 1. The molecule has 0 aromatic rings. The third-order valence-corrected chi connectivity index (χ3v) is 4.65. The van der Waals surface area contributed by atoms with Gasteiger partial charge in [0, 0.05) is 27.5 Å². The second-order valence-electron chi connectivity index (χ2n) is 6.65. The zero-order valence-corrected chi connectivity index (χ0v) is 17.6. The number of Topliss-reactive ketones (excluding diaryl/α,β-unsaturated/α-hetero) is 1. The van der Waals surface area contributed by atoms with E-state index in [4.69, 9.17) is 15.6 Å². The van der Waals surface area contributed by atoms with Crippen LogP contribution < -0.4 is 5.73 Å². The molecular weight excluding hydrogens is 330 g/mol. The van der Waals surface area contributed by atoms with Crippen molar-refractivity contribution in [3.63, 3.8) is 0 Å². The summed E-state index contributed by atoms with van der Waals surface area (Å²) >= 11 is 0. The smallest absolute Gasteiger partial charge is 0.217 e. The van der Waals surface area contributed by atoms with Gasteiger partial charge in [0.15, 0.2) is 0 Å². The summed E-state index contributed by atoms with van der Waals surface area (Å²) in [5, 5.41) is 7.00. The summed E-state index contributed by atoms with van der Waals surface area (Å²) in [7, 11) is 1.00. The minimum absolute atomic E-state index is 0. The lowest BCUT2D eigenvalue weighted by Gasteiger charge is -2.21. The van der Waals surface area contributed by atoms with E-state index in [0.717, 1.165) is 26.4 Å². The van der Waals surface area contributed by atoms with Gasteiger partial charge < -0.3 is 15.6 Å². The number of ether oxygens (including phenoxy) is 1. The van der Waals surface area contributed by atoms with Crippen LogP contribution in [0.1, 0.15) is 99.2 Å². The van der Waals surface area contributed by atoms with Crippen LogP contribution in [0.4, 0.5) is 0 Å². The van der Waals surface area contributed by atoms with Crippen molar-refractivity contribution < 1.29 is 20.9 Å². The molecule has 1 amide bonds. The molecule has 0 saturated heterocycles. The van der Waals surface area contributed by atoms with Crippen molar-refractivity contribution in [3.05, 3.63) is 0 Å². The topological polar surface area (TPSA) is 89.6 Å². The molecule has 5 heteroatoms. The van der Waals surface area contributed by atoms with Gasteiger partial charge in [-0.1, -0.05) is 52.4 Å². The third kappa shape index (κ3) is 16.5. The van der Waals surface area contributed by atoms with E-state index in [9.17, 15) is 9.59 Å². The standard InChI is InChI=1S/C10H19NO2.C8H14O.C2H6.CH4O.H2/c11-10(12)7-4-8-13-9-5-2-1-3-6-9;1-7(9)8-5-3-2-4-6-8;2*1-2;/h9H,1-8H2,(H2,11,12);8H,2-6H2,1H3;1-2H3;2H,1H3;1H. The summed E-state index contributed by atoms with van der Waals surface area (Å²) in [6, 6.07) is 0. The molecule has 5 nitrogen and oxygen atoms in total. The maximum Gasteiger partial charge on any atom is 0.217 e. The molecule has 0 aromatic carbocycles. The van der Waals surface area contributed by atoms with E-state index >= 15 is 0 Å². The van der Waals surface area contributed by atoms with E-state index in [1.807, 2.05) is 13.8 Å². The van der Waals surface area contributed by atoms with E-state index in [1.54, 1.807) is 6.92 Å². The Morgan fingerprint density at radius 3 is 1.81 bits per heavy atom. The Kier molecular flexibility index (Phi) is 21.4. The van der Waals surface area contributed by atoms with Crippen LogP contribution in [0.5, 0.6) is 0 Å². The largest absolute Gasteiger partial charge is 0.400 e. The molecule has 0 atom stereocenters. The van der Waals surface area contributed by atoms with Crippen molar-refractivity contribution in [2.75, 3.05) is 13.7 Å². The normalized spacial score (nSPS) is 17.4. The summed E-state index contributed by atoms with van der Waals surface area (Å²) in [5.41, 5.74) is 5.02. The first-order valence-corrected chi connectivity index (χ1v) is 10.4. The number of carbonyl (C=O) groups excluding carboxylic acids is 2. The molecule has 0 bridgehead atoms. The summed E-state index contributed by atoms with van der Waals surface area (Å²) < 4.78 is 5.63. The molecule has 0 unspecified atom stereocenters. The summed E-state index contributed by atoms with van der Waals surface area (Å²) in [6.07, 6.45) is 14.2. The van der Waals surface area contributed by atoms with Gasteiger partial charge in [-0.2, -0.15) is 0 Å². The van der Waals surface area contributed by atoms with Crippen LogP contribution in [0, 0.1) is 5.92 Å². The SMILES string of the molecule is CC.CC(=O)C1CCCCC1.CO.NC(=O)CCCOC1CCCCC1.[HH]. The Morgan fingerprint density at radius 1 is 0.962 bits per heavy atom. The molecule has 158 valence electrons. The van der Waals surface area contributed by atoms with Gasteiger partial charge in [-0.25, -0.2) is 0 Å². The highest BCUT2D eigenvalue weighted by molar-refractivity contribution is 5.78. The van der Waals surface area contributed by atoms with Gasteiger partial charge in [0.25, 0.3) is 0 Å². The molecule has 0 aliphatic heterocycles. The molecule has 0 heterocycles. The summed E-state index contributed by atoms with van der Waals surface area (Å²) in [5.74, 6) is 0.584. The molecule has 2 fully saturated rings. The van der Waals surface area contributed by atoms with E-state index in [2.05, 4.69) is 0 Å². The van der Waals surface area contributed by atoms with Crippen LogP contribution >= 0.6 is 0 Å². The molecule has 2 aliphatic rings. The Morgan fingerprint density at radius 2 is 1.42 bits per heavy atom. The van der Waals surface area contributed by atoms with Crippen molar-refractivity contribution >= 4 is 11.7 Å². The highest BCUT2D eigenvalue weighted by atomic mass is 16.5. The van der Waals surface area contributed by atoms with Gasteiger partial charge >= 0.3 is 0 Å². The minimum atomic E-state index is -0.229. The van der Waals surface area contributed by atoms with E-state index < -0.39 is 0 Å². The van der Waals surface area contributed by atoms with Crippen LogP contribution in [0.25, 0.3) is 0 Å². The number of amides is 1. The van der Waals surface area contributed by atoms with E-state index in [-0.39, 0.29) is 7.33 Å². The lowest BCUT2D eigenvalue weighted by molar-refractivity contribution is -0.121. The fraction of sp³-hybridized carbons (Fsp3) is 0.905.